The Hall–Kier alpha value is -1.27. The highest BCUT2D eigenvalue weighted by molar-refractivity contribution is 7.14. The van der Waals surface area contributed by atoms with Crippen molar-refractivity contribution in [3.63, 3.8) is 0 Å². The fourth-order valence-electron chi connectivity index (χ4n) is 3.99. The predicted octanol–water partition coefficient (Wildman–Crippen LogP) is 3.15. The number of hydrogen-bond donors (Lipinski definition) is 2. The summed E-state index contributed by atoms with van der Waals surface area (Å²) < 4.78 is 0. The van der Waals surface area contributed by atoms with Crippen molar-refractivity contribution in [1.82, 2.24) is 15.5 Å². The molecule has 26 heavy (non-hydrogen) atoms. The quantitative estimate of drug-likeness (QED) is 0.590. The van der Waals surface area contributed by atoms with E-state index in [1.807, 2.05) is 11.3 Å². The minimum absolute atomic E-state index is 0.526. The molecule has 2 fully saturated rings. The maximum Gasteiger partial charge on any atom is 0.191 e. The van der Waals surface area contributed by atoms with Crippen LogP contribution in [0, 0.1) is 0 Å². The molecule has 2 saturated heterocycles. The molecular formula is C20H35N5S. The molecule has 1 unspecified atom stereocenters. The van der Waals surface area contributed by atoms with Gasteiger partial charge in [0.15, 0.2) is 5.96 Å². The SMILES string of the molecule is CCNC(=NCCN1CCCCC1C)NC1CCN(c2cccs2)CC1. The molecular weight excluding hydrogens is 342 g/mol. The summed E-state index contributed by atoms with van der Waals surface area (Å²) in [6.07, 6.45) is 6.41. The van der Waals surface area contributed by atoms with Crippen molar-refractivity contribution in [3.8, 4) is 0 Å². The summed E-state index contributed by atoms with van der Waals surface area (Å²) in [4.78, 5) is 9.94. The molecule has 2 aliphatic rings. The van der Waals surface area contributed by atoms with Gasteiger partial charge in [0.1, 0.15) is 0 Å². The second kappa shape index (κ2) is 10.2. The summed E-state index contributed by atoms with van der Waals surface area (Å²) in [5.41, 5.74) is 0. The number of likely N-dealkylation sites (tertiary alicyclic amines) is 1. The normalized spacial score (nSPS) is 23.2. The fourth-order valence-corrected chi connectivity index (χ4v) is 4.77. The number of thiophene rings is 1. The minimum atomic E-state index is 0.526. The first-order chi connectivity index (χ1) is 12.8. The van der Waals surface area contributed by atoms with Crippen molar-refractivity contribution in [2.24, 2.45) is 4.99 Å². The highest BCUT2D eigenvalue weighted by atomic mass is 32.1. The summed E-state index contributed by atoms with van der Waals surface area (Å²) >= 11 is 1.84. The topological polar surface area (TPSA) is 42.9 Å². The number of piperidine rings is 2. The van der Waals surface area contributed by atoms with Gasteiger partial charge in [-0.05, 0) is 63.6 Å². The first-order valence-electron chi connectivity index (χ1n) is 10.3. The number of anilines is 1. The molecule has 1 aromatic rings. The van der Waals surface area contributed by atoms with Crippen molar-refractivity contribution in [1.29, 1.82) is 0 Å². The zero-order valence-electron chi connectivity index (χ0n) is 16.4. The van der Waals surface area contributed by atoms with Crippen LogP contribution in [-0.2, 0) is 0 Å². The lowest BCUT2D eigenvalue weighted by molar-refractivity contribution is 0.166. The second-order valence-electron chi connectivity index (χ2n) is 7.50. The molecule has 0 bridgehead atoms. The third-order valence-electron chi connectivity index (χ3n) is 5.60. The smallest absolute Gasteiger partial charge is 0.191 e. The predicted molar refractivity (Wildman–Crippen MR) is 114 cm³/mol. The molecule has 0 amide bonds. The zero-order valence-corrected chi connectivity index (χ0v) is 17.2. The van der Waals surface area contributed by atoms with Gasteiger partial charge in [-0.3, -0.25) is 9.89 Å². The van der Waals surface area contributed by atoms with Crippen LogP contribution in [-0.4, -0.2) is 62.2 Å². The van der Waals surface area contributed by atoms with E-state index < -0.39 is 0 Å². The van der Waals surface area contributed by atoms with Crippen LogP contribution in [0.3, 0.4) is 0 Å². The summed E-state index contributed by atoms with van der Waals surface area (Å²) in [5, 5.41) is 10.7. The third kappa shape index (κ3) is 5.61. The Morgan fingerprint density at radius 1 is 1.23 bits per heavy atom. The van der Waals surface area contributed by atoms with Crippen LogP contribution in [0.1, 0.15) is 46.0 Å². The lowest BCUT2D eigenvalue weighted by atomic mass is 10.0. The lowest BCUT2D eigenvalue weighted by Gasteiger charge is -2.34. The van der Waals surface area contributed by atoms with Gasteiger partial charge in [0.25, 0.3) is 0 Å². The van der Waals surface area contributed by atoms with Crippen LogP contribution in [0.15, 0.2) is 22.5 Å². The van der Waals surface area contributed by atoms with Crippen molar-refractivity contribution < 1.29 is 0 Å². The average molecular weight is 378 g/mol. The van der Waals surface area contributed by atoms with Crippen LogP contribution < -0.4 is 15.5 Å². The molecule has 2 N–H and O–H groups in total. The fraction of sp³-hybridized carbons (Fsp3) is 0.750. The van der Waals surface area contributed by atoms with E-state index >= 15 is 0 Å². The van der Waals surface area contributed by atoms with Gasteiger partial charge >= 0.3 is 0 Å². The molecule has 2 aliphatic heterocycles. The lowest BCUT2D eigenvalue weighted by Crippen LogP contribution is -2.49. The van der Waals surface area contributed by atoms with Crippen molar-refractivity contribution in [3.05, 3.63) is 17.5 Å². The van der Waals surface area contributed by atoms with E-state index in [2.05, 4.69) is 51.8 Å². The van der Waals surface area contributed by atoms with Gasteiger partial charge in [0, 0.05) is 38.3 Å². The molecule has 1 atom stereocenters. The van der Waals surface area contributed by atoms with Gasteiger partial charge in [-0.1, -0.05) is 6.42 Å². The molecule has 0 saturated carbocycles. The maximum absolute atomic E-state index is 4.85. The molecule has 146 valence electrons. The highest BCUT2D eigenvalue weighted by Crippen LogP contribution is 2.24. The molecule has 5 nitrogen and oxygen atoms in total. The van der Waals surface area contributed by atoms with E-state index in [-0.39, 0.29) is 0 Å². The number of aliphatic imine (C=N–C) groups is 1. The first-order valence-corrected chi connectivity index (χ1v) is 11.2. The van der Waals surface area contributed by atoms with E-state index in [1.165, 1.54) is 43.6 Å². The van der Waals surface area contributed by atoms with E-state index in [1.54, 1.807) is 0 Å². The largest absolute Gasteiger partial charge is 0.363 e. The molecule has 0 aromatic carbocycles. The van der Waals surface area contributed by atoms with Gasteiger partial charge in [0.2, 0.25) is 0 Å². The van der Waals surface area contributed by atoms with Gasteiger partial charge < -0.3 is 15.5 Å². The maximum atomic E-state index is 4.85. The van der Waals surface area contributed by atoms with Crippen LogP contribution >= 0.6 is 11.3 Å². The van der Waals surface area contributed by atoms with E-state index in [9.17, 15) is 0 Å². The molecule has 3 rings (SSSR count). The average Bonchev–Trinajstić information content (AvgIpc) is 3.19. The number of hydrogen-bond acceptors (Lipinski definition) is 4. The Bertz CT molecular complexity index is 536. The van der Waals surface area contributed by atoms with Gasteiger partial charge in [0.05, 0.1) is 11.5 Å². The van der Waals surface area contributed by atoms with Crippen LogP contribution in [0.4, 0.5) is 5.00 Å². The summed E-state index contributed by atoms with van der Waals surface area (Å²) in [7, 11) is 0. The van der Waals surface area contributed by atoms with Crippen LogP contribution in [0.2, 0.25) is 0 Å². The first kappa shape index (κ1) is 19.5. The Morgan fingerprint density at radius 3 is 2.77 bits per heavy atom. The van der Waals surface area contributed by atoms with Gasteiger partial charge in [-0.2, -0.15) is 0 Å². The molecule has 1 aromatic heterocycles. The number of nitrogens with one attached hydrogen (secondary N) is 2. The van der Waals surface area contributed by atoms with E-state index in [4.69, 9.17) is 4.99 Å². The second-order valence-corrected chi connectivity index (χ2v) is 8.42. The van der Waals surface area contributed by atoms with Crippen molar-refractivity contribution >= 4 is 22.3 Å². The number of guanidine groups is 1. The van der Waals surface area contributed by atoms with Gasteiger partial charge in [-0.25, -0.2) is 0 Å². The minimum Gasteiger partial charge on any atom is -0.363 e. The Labute approximate surface area is 162 Å². The molecule has 0 spiro atoms. The van der Waals surface area contributed by atoms with Crippen LogP contribution in [0.25, 0.3) is 0 Å². The zero-order chi connectivity index (χ0) is 18.2. The molecule has 3 heterocycles. The van der Waals surface area contributed by atoms with Crippen LogP contribution in [0.5, 0.6) is 0 Å². The Balaban J connectivity index is 1.44. The van der Waals surface area contributed by atoms with Gasteiger partial charge in [-0.15, -0.1) is 11.3 Å². The summed E-state index contributed by atoms with van der Waals surface area (Å²) in [6.45, 7) is 10.9. The third-order valence-corrected chi connectivity index (χ3v) is 6.52. The number of nitrogens with zero attached hydrogens (tertiary/aromatic N) is 3. The van der Waals surface area contributed by atoms with E-state index in [0.29, 0.717) is 6.04 Å². The van der Waals surface area contributed by atoms with Crippen molar-refractivity contribution in [2.75, 3.05) is 44.2 Å². The standard InChI is InChI=1S/C20H35N5S/c1-3-21-20(22-11-15-24-12-5-4-7-17(24)2)23-18-9-13-25(14-10-18)19-8-6-16-26-19/h6,8,16-18H,3-5,7,9-15H2,1-2H3,(H2,21,22,23). The summed E-state index contributed by atoms with van der Waals surface area (Å²) in [6, 6.07) is 5.61. The Kier molecular flexibility index (Phi) is 7.62. The Morgan fingerprint density at radius 2 is 2.08 bits per heavy atom. The van der Waals surface area contributed by atoms with Crippen molar-refractivity contribution in [2.45, 2.75) is 58.0 Å². The molecule has 6 heteroatoms. The monoisotopic (exact) mass is 377 g/mol. The van der Waals surface area contributed by atoms with E-state index in [0.717, 1.165) is 44.7 Å². The summed E-state index contributed by atoms with van der Waals surface area (Å²) in [5.74, 6) is 0.992. The molecule has 0 aliphatic carbocycles. The highest BCUT2D eigenvalue weighted by Gasteiger charge is 2.21. The number of rotatable bonds is 6. The molecule has 0 radical (unpaired) electrons.